The molecule has 0 spiro atoms. The van der Waals surface area contributed by atoms with E-state index < -0.39 is 12.0 Å². The fourth-order valence-corrected chi connectivity index (χ4v) is 2.38. The molecule has 2 rings (SSSR count). The van der Waals surface area contributed by atoms with Gasteiger partial charge in [-0.3, -0.25) is 14.8 Å². The first-order valence-corrected chi connectivity index (χ1v) is 7.84. The molecule has 2 amide bonds. The van der Waals surface area contributed by atoms with Crippen molar-refractivity contribution < 1.29 is 14.7 Å². The van der Waals surface area contributed by atoms with Crippen molar-refractivity contribution >= 4 is 17.8 Å². The van der Waals surface area contributed by atoms with Crippen molar-refractivity contribution in [3.63, 3.8) is 0 Å². The number of nitrogens with zero attached hydrogens (tertiary/aromatic N) is 3. The van der Waals surface area contributed by atoms with Gasteiger partial charge in [-0.05, 0) is 12.0 Å². The Morgan fingerprint density at radius 2 is 2.00 bits per heavy atom. The summed E-state index contributed by atoms with van der Waals surface area (Å²) < 4.78 is 1.59. The average molecular weight is 330 g/mol. The van der Waals surface area contributed by atoms with Gasteiger partial charge < -0.3 is 10.0 Å². The van der Waals surface area contributed by atoms with Crippen molar-refractivity contribution in [2.24, 2.45) is 7.05 Å². The van der Waals surface area contributed by atoms with Gasteiger partial charge in [0.2, 0.25) is 0 Å². The second-order valence-corrected chi connectivity index (χ2v) is 5.56. The molecule has 0 radical (unpaired) electrons. The molecule has 0 saturated heterocycles. The Balaban J connectivity index is 2.11. The highest BCUT2D eigenvalue weighted by atomic mass is 16.4. The number of aliphatic carboxylic acids is 1. The van der Waals surface area contributed by atoms with Crippen LogP contribution in [-0.4, -0.2) is 38.3 Å². The van der Waals surface area contributed by atoms with Crippen LogP contribution in [0.5, 0.6) is 0 Å². The summed E-state index contributed by atoms with van der Waals surface area (Å²) in [5, 5.41) is 16.1. The number of urea groups is 1. The highest BCUT2D eigenvalue weighted by Crippen LogP contribution is 2.13. The molecule has 0 aliphatic rings. The zero-order valence-corrected chi connectivity index (χ0v) is 13.9. The van der Waals surface area contributed by atoms with Crippen molar-refractivity contribution in [2.45, 2.75) is 26.3 Å². The number of anilines is 1. The topological polar surface area (TPSA) is 87.5 Å². The standard InChI is InChI=1S/C17H22N4O3/c1-3-7-14-10-15(20(2)19-14)18-17(24)21(12-16(22)23)11-13-8-5-4-6-9-13/h4-6,8-10H,3,7,11-12H2,1-2H3,(H,18,24)(H,22,23). The Hall–Kier alpha value is -2.83. The molecule has 0 fully saturated rings. The second-order valence-electron chi connectivity index (χ2n) is 5.56. The van der Waals surface area contributed by atoms with Crippen LogP contribution in [0.1, 0.15) is 24.6 Å². The van der Waals surface area contributed by atoms with Gasteiger partial charge in [0.25, 0.3) is 0 Å². The molecule has 0 aliphatic heterocycles. The molecule has 7 heteroatoms. The largest absolute Gasteiger partial charge is 0.480 e. The molecule has 0 atom stereocenters. The maximum atomic E-state index is 12.5. The van der Waals surface area contributed by atoms with E-state index in [-0.39, 0.29) is 13.1 Å². The minimum absolute atomic E-state index is 0.221. The first-order chi connectivity index (χ1) is 11.5. The summed E-state index contributed by atoms with van der Waals surface area (Å²) in [5.41, 5.74) is 1.76. The lowest BCUT2D eigenvalue weighted by Crippen LogP contribution is -2.38. The van der Waals surface area contributed by atoms with Crippen LogP contribution in [0, 0.1) is 0 Å². The van der Waals surface area contributed by atoms with E-state index >= 15 is 0 Å². The predicted molar refractivity (Wildman–Crippen MR) is 90.7 cm³/mol. The predicted octanol–water partition coefficient (Wildman–Crippen LogP) is 2.49. The zero-order chi connectivity index (χ0) is 17.5. The van der Waals surface area contributed by atoms with Crippen molar-refractivity contribution in [1.82, 2.24) is 14.7 Å². The number of nitrogens with one attached hydrogen (secondary N) is 1. The first-order valence-electron chi connectivity index (χ1n) is 7.84. The smallest absolute Gasteiger partial charge is 0.323 e. The minimum Gasteiger partial charge on any atom is -0.480 e. The molecule has 0 unspecified atom stereocenters. The molecular weight excluding hydrogens is 308 g/mol. The normalized spacial score (nSPS) is 10.4. The number of hydrogen-bond acceptors (Lipinski definition) is 3. The summed E-state index contributed by atoms with van der Waals surface area (Å²) in [7, 11) is 1.74. The van der Waals surface area contributed by atoms with E-state index in [1.54, 1.807) is 11.7 Å². The van der Waals surface area contributed by atoms with Gasteiger partial charge in [0.15, 0.2) is 0 Å². The molecule has 0 saturated carbocycles. The quantitative estimate of drug-likeness (QED) is 0.816. The summed E-state index contributed by atoms with van der Waals surface area (Å²) in [4.78, 5) is 24.8. The maximum absolute atomic E-state index is 12.5. The lowest BCUT2D eigenvalue weighted by molar-refractivity contribution is -0.137. The van der Waals surface area contributed by atoms with E-state index in [2.05, 4.69) is 17.3 Å². The minimum atomic E-state index is -1.06. The highest BCUT2D eigenvalue weighted by molar-refractivity contribution is 5.90. The van der Waals surface area contributed by atoms with Gasteiger partial charge >= 0.3 is 12.0 Å². The molecule has 1 aromatic heterocycles. The summed E-state index contributed by atoms with van der Waals surface area (Å²) in [6.45, 7) is 1.90. The lowest BCUT2D eigenvalue weighted by atomic mass is 10.2. The molecule has 2 N–H and O–H groups in total. The van der Waals surface area contributed by atoms with E-state index in [0.717, 1.165) is 24.1 Å². The Morgan fingerprint density at radius 1 is 1.29 bits per heavy atom. The summed E-state index contributed by atoms with van der Waals surface area (Å²) in [6, 6.07) is 10.6. The van der Waals surface area contributed by atoms with E-state index in [0.29, 0.717) is 5.82 Å². The maximum Gasteiger partial charge on any atom is 0.323 e. The molecular formula is C17H22N4O3. The van der Waals surface area contributed by atoms with Gasteiger partial charge in [0, 0.05) is 19.7 Å². The number of aromatic nitrogens is 2. The van der Waals surface area contributed by atoms with Crippen LogP contribution in [0.3, 0.4) is 0 Å². The monoisotopic (exact) mass is 330 g/mol. The van der Waals surface area contributed by atoms with Crippen molar-refractivity contribution in [1.29, 1.82) is 0 Å². The molecule has 1 heterocycles. The molecule has 2 aromatic rings. The van der Waals surface area contributed by atoms with Crippen molar-refractivity contribution in [2.75, 3.05) is 11.9 Å². The van der Waals surface area contributed by atoms with Gasteiger partial charge in [-0.15, -0.1) is 0 Å². The van der Waals surface area contributed by atoms with Crippen LogP contribution in [0.15, 0.2) is 36.4 Å². The Bertz CT molecular complexity index is 697. The summed E-state index contributed by atoms with van der Waals surface area (Å²) >= 11 is 0. The molecule has 0 aliphatic carbocycles. The third kappa shape index (κ3) is 4.84. The fourth-order valence-electron chi connectivity index (χ4n) is 2.38. The molecule has 7 nitrogen and oxygen atoms in total. The highest BCUT2D eigenvalue weighted by Gasteiger charge is 2.19. The number of carboxylic acid groups (broad SMARTS) is 1. The van der Waals surface area contributed by atoms with Gasteiger partial charge in [0.05, 0.1) is 5.69 Å². The van der Waals surface area contributed by atoms with Crippen LogP contribution < -0.4 is 5.32 Å². The molecule has 24 heavy (non-hydrogen) atoms. The van der Waals surface area contributed by atoms with Gasteiger partial charge in [-0.2, -0.15) is 5.10 Å². The number of amides is 2. The number of carbonyl (C=O) groups is 2. The van der Waals surface area contributed by atoms with E-state index in [9.17, 15) is 9.59 Å². The number of rotatable bonds is 7. The zero-order valence-electron chi connectivity index (χ0n) is 13.9. The third-order valence-electron chi connectivity index (χ3n) is 3.50. The van der Waals surface area contributed by atoms with Crippen molar-refractivity contribution in [3.8, 4) is 0 Å². The second kappa shape index (κ2) is 8.14. The van der Waals surface area contributed by atoms with Gasteiger partial charge in [0.1, 0.15) is 12.4 Å². The fraction of sp³-hybridized carbons (Fsp3) is 0.353. The SMILES string of the molecule is CCCc1cc(NC(=O)N(CC(=O)O)Cc2ccccc2)n(C)n1. The number of carbonyl (C=O) groups excluding carboxylic acids is 1. The lowest BCUT2D eigenvalue weighted by Gasteiger charge is -2.21. The third-order valence-corrected chi connectivity index (χ3v) is 3.50. The van der Waals surface area contributed by atoms with E-state index in [1.165, 1.54) is 4.90 Å². The number of hydrogen-bond donors (Lipinski definition) is 2. The van der Waals surface area contributed by atoms with Crippen LogP contribution in [-0.2, 0) is 24.8 Å². The summed E-state index contributed by atoms with van der Waals surface area (Å²) in [6.07, 6.45) is 1.79. The van der Waals surface area contributed by atoms with Crippen LogP contribution >= 0.6 is 0 Å². The number of carboxylic acids is 1. The molecule has 0 bridgehead atoms. The molecule has 128 valence electrons. The number of aryl methyl sites for hydroxylation is 2. The Morgan fingerprint density at radius 3 is 2.62 bits per heavy atom. The van der Waals surface area contributed by atoms with Crippen LogP contribution in [0.25, 0.3) is 0 Å². The van der Waals surface area contributed by atoms with E-state index in [4.69, 9.17) is 5.11 Å². The Labute approximate surface area is 140 Å². The van der Waals surface area contributed by atoms with E-state index in [1.807, 2.05) is 36.4 Å². The van der Waals surface area contributed by atoms with Gasteiger partial charge in [-0.25, -0.2) is 4.79 Å². The first kappa shape index (κ1) is 17.5. The van der Waals surface area contributed by atoms with Crippen LogP contribution in [0.2, 0.25) is 0 Å². The molecule has 1 aromatic carbocycles. The van der Waals surface area contributed by atoms with Crippen LogP contribution in [0.4, 0.5) is 10.6 Å². The average Bonchev–Trinajstić information content (AvgIpc) is 2.87. The Kier molecular flexibility index (Phi) is 5.95. The van der Waals surface area contributed by atoms with Crippen molar-refractivity contribution in [3.05, 3.63) is 47.7 Å². The van der Waals surface area contributed by atoms with Gasteiger partial charge in [-0.1, -0.05) is 43.7 Å². The number of benzene rings is 1. The summed E-state index contributed by atoms with van der Waals surface area (Å²) in [5.74, 6) is -0.510.